The van der Waals surface area contributed by atoms with Crippen molar-refractivity contribution in [2.45, 2.75) is 18.2 Å². The smallest absolute Gasteiger partial charge is 0.270 e. The van der Waals surface area contributed by atoms with Gasteiger partial charge in [0.05, 0.1) is 9.82 Å². The molecule has 3 rings (SSSR count). The van der Waals surface area contributed by atoms with Crippen LogP contribution in [0.3, 0.4) is 0 Å². The molecule has 0 bridgehead atoms. The maximum absolute atomic E-state index is 12.6. The summed E-state index contributed by atoms with van der Waals surface area (Å²) in [5.74, 6) is 0. The van der Waals surface area contributed by atoms with E-state index in [-0.39, 0.29) is 10.6 Å². The van der Waals surface area contributed by atoms with Crippen molar-refractivity contribution < 1.29 is 13.3 Å². The normalized spacial score (nSPS) is 11.1. The van der Waals surface area contributed by atoms with Gasteiger partial charge in [-0.2, -0.15) is 0 Å². The first-order valence-electron chi connectivity index (χ1n) is 8.11. The van der Waals surface area contributed by atoms with Gasteiger partial charge in [-0.15, -0.1) is 0 Å². The molecular weight excluding hydrogens is 366 g/mol. The fourth-order valence-corrected chi connectivity index (χ4v) is 3.95. The summed E-state index contributed by atoms with van der Waals surface area (Å²) in [4.78, 5) is 14.2. The topological polar surface area (TPSA) is 102 Å². The maximum atomic E-state index is 12.6. The maximum Gasteiger partial charge on any atom is 0.270 e. The zero-order chi connectivity index (χ0) is 19.4. The number of anilines is 1. The molecule has 0 spiro atoms. The second kappa shape index (κ2) is 7.55. The highest BCUT2D eigenvalue weighted by molar-refractivity contribution is 7.92. The Morgan fingerprint density at radius 1 is 1.00 bits per heavy atom. The van der Waals surface area contributed by atoms with Crippen LogP contribution < -0.4 is 4.72 Å². The average molecular weight is 383 g/mol. The van der Waals surface area contributed by atoms with E-state index >= 15 is 0 Å². The minimum atomic E-state index is -3.93. The first-order valence-corrected chi connectivity index (χ1v) is 9.59. The molecule has 2 aromatic carbocycles. The molecule has 7 nitrogen and oxygen atoms in total. The number of nitro benzene ring substituents is 1. The van der Waals surface area contributed by atoms with Gasteiger partial charge in [-0.05, 0) is 54.3 Å². The number of nitro groups is 1. The number of sulfonamides is 1. The quantitative estimate of drug-likeness (QED) is 0.517. The first kappa shape index (κ1) is 18.5. The van der Waals surface area contributed by atoms with Crippen molar-refractivity contribution in [1.29, 1.82) is 0 Å². The fraction of sp³-hybridized carbons (Fsp3) is 0.105. The molecule has 0 unspecified atom stereocenters. The van der Waals surface area contributed by atoms with Gasteiger partial charge in [0.15, 0.2) is 0 Å². The summed E-state index contributed by atoms with van der Waals surface area (Å²) in [5.41, 5.74) is 2.68. The van der Waals surface area contributed by atoms with Crippen molar-refractivity contribution in [1.82, 2.24) is 4.98 Å². The summed E-state index contributed by atoms with van der Waals surface area (Å²) in [7, 11) is -3.93. The van der Waals surface area contributed by atoms with E-state index in [0.29, 0.717) is 17.7 Å². The lowest BCUT2D eigenvalue weighted by atomic mass is 10.1. The van der Waals surface area contributed by atoms with Crippen LogP contribution >= 0.6 is 0 Å². The number of pyridine rings is 1. The summed E-state index contributed by atoms with van der Waals surface area (Å²) in [5, 5.41) is 10.9. The van der Waals surface area contributed by atoms with E-state index in [9.17, 15) is 18.5 Å². The van der Waals surface area contributed by atoms with E-state index in [2.05, 4.69) is 9.71 Å². The third kappa shape index (κ3) is 4.48. The van der Waals surface area contributed by atoms with Gasteiger partial charge in [-0.3, -0.25) is 19.8 Å². The van der Waals surface area contributed by atoms with Gasteiger partial charge in [-0.25, -0.2) is 8.42 Å². The van der Waals surface area contributed by atoms with Crippen LogP contribution in [0.5, 0.6) is 0 Å². The summed E-state index contributed by atoms with van der Waals surface area (Å²) in [6.07, 6.45) is 4.15. The Bertz CT molecular complexity index is 1070. The molecule has 0 aliphatic carbocycles. The van der Waals surface area contributed by atoms with Crippen LogP contribution in [0.15, 0.2) is 71.9 Å². The Hall–Kier alpha value is -3.26. The standard InChI is InChI=1S/C19H17N3O4S/c1-14-2-7-18(22(23)24)13-19(14)27(25,26)21-17-5-3-15(4-6-17)12-16-8-10-20-11-9-16/h2-11,13,21H,12H2,1H3. The zero-order valence-electron chi connectivity index (χ0n) is 14.5. The van der Waals surface area contributed by atoms with Crippen molar-refractivity contribution in [3.8, 4) is 0 Å². The van der Waals surface area contributed by atoms with E-state index in [4.69, 9.17) is 0 Å². The average Bonchev–Trinajstić information content (AvgIpc) is 2.64. The number of benzene rings is 2. The third-order valence-corrected chi connectivity index (χ3v) is 5.56. The lowest BCUT2D eigenvalue weighted by molar-refractivity contribution is -0.385. The van der Waals surface area contributed by atoms with Crippen LogP contribution in [0.25, 0.3) is 0 Å². The van der Waals surface area contributed by atoms with Crippen LogP contribution in [0.4, 0.5) is 11.4 Å². The fourth-order valence-electron chi connectivity index (χ4n) is 2.63. The molecule has 0 fully saturated rings. The van der Waals surface area contributed by atoms with Crippen molar-refractivity contribution >= 4 is 21.4 Å². The second-order valence-electron chi connectivity index (χ2n) is 6.04. The highest BCUT2D eigenvalue weighted by atomic mass is 32.2. The molecule has 1 heterocycles. The van der Waals surface area contributed by atoms with Crippen molar-refractivity contribution in [2.75, 3.05) is 4.72 Å². The Labute approximate surface area is 156 Å². The minimum absolute atomic E-state index is 0.113. The predicted molar refractivity (Wildman–Crippen MR) is 102 cm³/mol. The van der Waals surface area contributed by atoms with Crippen LogP contribution in [0.2, 0.25) is 0 Å². The van der Waals surface area contributed by atoms with Gasteiger partial charge >= 0.3 is 0 Å². The summed E-state index contributed by atoms with van der Waals surface area (Å²) in [6.45, 7) is 1.59. The highest BCUT2D eigenvalue weighted by Gasteiger charge is 2.20. The van der Waals surface area contributed by atoms with E-state index < -0.39 is 14.9 Å². The first-order chi connectivity index (χ1) is 12.8. The monoisotopic (exact) mass is 383 g/mol. The molecule has 27 heavy (non-hydrogen) atoms. The molecule has 0 aliphatic rings. The molecule has 0 atom stereocenters. The SMILES string of the molecule is Cc1ccc([N+](=O)[O-])cc1S(=O)(=O)Nc1ccc(Cc2ccncc2)cc1. The Morgan fingerprint density at radius 3 is 2.26 bits per heavy atom. The van der Waals surface area contributed by atoms with Crippen molar-refractivity contribution in [3.63, 3.8) is 0 Å². The van der Waals surface area contributed by atoms with Gasteiger partial charge in [0.25, 0.3) is 15.7 Å². The number of nitrogens with one attached hydrogen (secondary N) is 1. The molecule has 0 aliphatic heterocycles. The number of hydrogen-bond acceptors (Lipinski definition) is 5. The lowest BCUT2D eigenvalue weighted by Crippen LogP contribution is -2.14. The van der Waals surface area contributed by atoms with Crippen LogP contribution in [0.1, 0.15) is 16.7 Å². The molecule has 0 amide bonds. The summed E-state index contributed by atoms with van der Waals surface area (Å²) in [6, 6.07) is 14.6. The summed E-state index contributed by atoms with van der Waals surface area (Å²) < 4.78 is 27.7. The largest absolute Gasteiger partial charge is 0.280 e. The number of rotatable bonds is 6. The Kier molecular flexibility index (Phi) is 5.18. The molecule has 0 radical (unpaired) electrons. The molecule has 1 aromatic heterocycles. The number of aryl methyl sites for hydroxylation is 1. The van der Waals surface area contributed by atoms with Gasteiger partial charge in [-0.1, -0.05) is 18.2 Å². The van der Waals surface area contributed by atoms with Gasteiger partial charge in [0, 0.05) is 30.2 Å². The second-order valence-corrected chi connectivity index (χ2v) is 7.69. The lowest BCUT2D eigenvalue weighted by Gasteiger charge is -2.11. The van der Waals surface area contributed by atoms with Gasteiger partial charge < -0.3 is 0 Å². The number of aromatic nitrogens is 1. The molecular formula is C19H17N3O4S. The van der Waals surface area contributed by atoms with Crippen molar-refractivity contribution in [3.05, 3.63) is 93.8 Å². The van der Waals surface area contributed by atoms with E-state index in [1.807, 2.05) is 24.3 Å². The number of nitrogens with zero attached hydrogens (tertiary/aromatic N) is 2. The van der Waals surface area contributed by atoms with Gasteiger partial charge in [0.1, 0.15) is 0 Å². The van der Waals surface area contributed by atoms with E-state index in [1.54, 1.807) is 31.5 Å². The zero-order valence-corrected chi connectivity index (χ0v) is 15.3. The van der Waals surface area contributed by atoms with E-state index in [0.717, 1.165) is 17.2 Å². The van der Waals surface area contributed by atoms with E-state index in [1.165, 1.54) is 12.1 Å². The summed E-state index contributed by atoms with van der Waals surface area (Å²) >= 11 is 0. The van der Waals surface area contributed by atoms with Crippen LogP contribution in [-0.2, 0) is 16.4 Å². The molecule has 0 saturated carbocycles. The van der Waals surface area contributed by atoms with Crippen LogP contribution in [-0.4, -0.2) is 18.3 Å². The Balaban J connectivity index is 1.80. The van der Waals surface area contributed by atoms with Crippen molar-refractivity contribution in [2.24, 2.45) is 0 Å². The highest BCUT2D eigenvalue weighted by Crippen LogP contribution is 2.24. The van der Waals surface area contributed by atoms with Crippen LogP contribution in [0, 0.1) is 17.0 Å². The molecule has 138 valence electrons. The molecule has 3 aromatic rings. The number of hydrogen-bond donors (Lipinski definition) is 1. The molecule has 0 saturated heterocycles. The van der Waals surface area contributed by atoms with Gasteiger partial charge in [0.2, 0.25) is 0 Å². The third-order valence-electron chi connectivity index (χ3n) is 4.04. The minimum Gasteiger partial charge on any atom is -0.280 e. The molecule has 1 N–H and O–H groups in total. The Morgan fingerprint density at radius 2 is 1.63 bits per heavy atom. The number of non-ortho nitro benzene ring substituents is 1. The molecule has 8 heteroatoms. The predicted octanol–water partition coefficient (Wildman–Crippen LogP) is 3.69.